The normalized spacial score (nSPS) is 16.4. The van der Waals surface area contributed by atoms with E-state index in [0.29, 0.717) is 12.6 Å². The van der Waals surface area contributed by atoms with Gasteiger partial charge in [-0.25, -0.2) is 0 Å². The first-order valence-electron chi connectivity index (χ1n) is 7.34. The van der Waals surface area contributed by atoms with Crippen LogP contribution < -0.4 is 10.6 Å². The summed E-state index contributed by atoms with van der Waals surface area (Å²) in [6.45, 7) is 6.69. The lowest BCUT2D eigenvalue weighted by molar-refractivity contribution is -0.117. The Kier molecular flexibility index (Phi) is 5.15. The van der Waals surface area contributed by atoms with Gasteiger partial charge in [0.05, 0.1) is 6.54 Å². The van der Waals surface area contributed by atoms with Crippen molar-refractivity contribution in [2.24, 2.45) is 0 Å². The first-order valence-corrected chi connectivity index (χ1v) is 7.34. The van der Waals surface area contributed by atoms with E-state index in [9.17, 15) is 4.79 Å². The lowest BCUT2D eigenvalue weighted by Gasteiger charge is -2.31. The zero-order valence-corrected chi connectivity index (χ0v) is 12.7. The molecule has 20 heavy (non-hydrogen) atoms. The quantitative estimate of drug-likeness (QED) is 0.882. The second-order valence-electron chi connectivity index (χ2n) is 5.74. The van der Waals surface area contributed by atoms with E-state index in [2.05, 4.69) is 29.4 Å². The molecule has 1 heterocycles. The lowest BCUT2D eigenvalue weighted by atomic mass is 10.1. The zero-order valence-electron chi connectivity index (χ0n) is 12.7. The Morgan fingerprint density at radius 1 is 1.30 bits per heavy atom. The van der Waals surface area contributed by atoms with E-state index >= 15 is 0 Å². The summed E-state index contributed by atoms with van der Waals surface area (Å²) in [5.41, 5.74) is 3.33. The molecule has 1 aliphatic heterocycles. The molecule has 1 aromatic rings. The van der Waals surface area contributed by atoms with Gasteiger partial charge in [-0.15, -0.1) is 0 Å². The Labute approximate surface area is 121 Å². The van der Waals surface area contributed by atoms with E-state index in [0.717, 1.165) is 31.6 Å². The maximum absolute atomic E-state index is 12.1. The molecule has 0 bridgehead atoms. The van der Waals surface area contributed by atoms with Crippen molar-refractivity contribution in [3.63, 3.8) is 0 Å². The van der Waals surface area contributed by atoms with Crippen molar-refractivity contribution in [2.75, 3.05) is 32.0 Å². The number of carbonyl (C=O) groups excluding carboxylic acids is 1. The van der Waals surface area contributed by atoms with Crippen LogP contribution in [0.2, 0.25) is 0 Å². The monoisotopic (exact) mass is 275 g/mol. The van der Waals surface area contributed by atoms with Gasteiger partial charge in [-0.05, 0) is 70.1 Å². The van der Waals surface area contributed by atoms with Gasteiger partial charge in [-0.2, -0.15) is 0 Å². The van der Waals surface area contributed by atoms with Gasteiger partial charge in [-0.3, -0.25) is 9.69 Å². The zero-order chi connectivity index (χ0) is 14.5. The summed E-state index contributed by atoms with van der Waals surface area (Å²) in [5, 5.41) is 6.33. The molecule has 4 heteroatoms. The fourth-order valence-corrected chi connectivity index (χ4v) is 2.62. The molecule has 2 rings (SSSR count). The van der Waals surface area contributed by atoms with Crippen molar-refractivity contribution >= 4 is 11.6 Å². The van der Waals surface area contributed by atoms with Gasteiger partial charge in [0, 0.05) is 11.7 Å². The SMILES string of the molecule is Cc1ccc(NC(=O)CN(C)C2CCNCC2)cc1C. The second-order valence-corrected chi connectivity index (χ2v) is 5.74. The smallest absolute Gasteiger partial charge is 0.238 e. The number of nitrogens with one attached hydrogen (secondary N) is 2. The molecule has 0 atom stereocenters. The van der Waals surface area contributed by atoms with Gasteiger partial charge in [0.1, 0.15) is 0 Å². The summed E-state index contributed by atoms with van der Waals surface area (Å²) >= 11 is 0. The van der Waals surface area contributed by atoms with Crippen LogP contribution in [-0.4, -0.2) is 43.5 Å². The van der Waals surface area contributed by atoms with Crippen molar-refractivity contribution in [3.8, 4) is 0 Å². The number of anilines is 1. The molecule has 110 valence electrons. The molecule has 0 aromatic heterocycles. The van der Waals surface area contributed by atoms with Crippen LogP contribution in [0, 0.1) is 13.8 Å². The molecule has 0 saturated carbocycles. The molecule has 0 spiro atoms. The summed E-state index contributed by atoms with van der Waals surface area (Å²) in [6, 6.07) is 6.55. The standard InChI is InChI=1S/C16H25N3O/c1-12-4-5-14(10-13(12)2)18-16(20)11-19(3)15-6-8-17-9-7-15/h4-5,10,15,17H,6-9,11H2,1-3H3,(H,18,20). The third kappa shape index (κ3) is 4.05. The molecule has 1 saturated heterocycles. The number of rotatable bonds is 4. The van der Waals surface area contributed by atoms with Gasteiger partial charge >= 0.3 is 0 Å². The van der Waals surface area contributed by atoms with Crippen LogP contribution >= 0.6 is 0 Å². The highest BCUT2D eigenvalue weighted by Gasteiger charge is 2.19. The van der Waals surface area contributed by atoms with Crippen LogP contribution in [0.4, 0.5) is 5.69 Å². The molecule has 0 aliphatic carbocycles. The van der Waals surface area contributed by atoms with Crippen molar-refractivity contribution in [1.29, 1.82) is 0 Å². The van der Waals surface area contributed by atoms with Crippen LogP contribution in [0.1, 0.15) is 24.0 Å². The van der Waals surface area contributed by atoms with Gasteiger partial charge < -0.3 is 10.6 Å². The van der Waals surface area contributed by atoms with Crippen LogP contribution in [-0.2, 0) is 4.79 Å². The number of benzene rings is 1. The summed E-state index contributed by atoms with van der Waals surface area (Å²) in [6.07, 6.45) is 2.24. The predicted molar refractivity (Wildman–Crippen MR) is 83.1 cm³/mol. The first-order chi connectivity index (χ1) is 9.56. The minimum absolute atomic E-state index is 0.0642. The largest absolute Gasteiger partial charge is 0.325 e. The summed E-state index contributed by atoms with van der Waals surface area (Å²) < 4.78 is 0. The maximum atomic E-state index is 12.1. The minimum atomic E-state index is 0.0642. The number of nitrogens with zero attached hydrogens (tertiary/aromatic N) is 1. The van der Waals surface area contributed by atoms with E-state index in [1.54, 1.807) is 0 Å². The van der Waals surface area contributed by atoms with Gasteiger partial charge in [0.15, 0.2) is 0 Å². The van der Waals surface area contributed by atoms with Crippen LogP contribution in [0.15, 0.2) is 18.2 Å². The Bertz CT molecular complexity index is 467. The van der Waals surface area contributed by atoms with E-state index < -0.39 is 0 Å². The van der Waals surface area contributed by atoms with E-state index in [4.69, 9.17) is 0 Å². The Hall–Kier alpha value is -1.39. The minimum Gasteiger partial charge on any atom is -0.325 e. The molecular formula is C16H25N3O. The fourth-order valence-electron chi connectivity index (χ4n) is 2.62. The number of hydrogen-bond donors (Lipinski definition) is 2. The molecule has 2 N–H and O–H groups in total. The van der Waals surface area contributed by atoms with Crippen molar-refractivity contribution in [3.05, 3.63) is 29.3 Å². The maximum Gasteiger partial charge on any atom is 0.238 e. The number of hydrogen-bond acceptors (Lipinski definition) is 3. The number of amides is 1. The van der Waals surface area contributed by atoms with Gasteiger partial charge in [0.2, 0.25) is 5.91 Å². The average Bonchev–Trinajstić information content (AvgIpc) is 2.44. The molecule has 1 aromatic carbocycles. The van der Waals surface area contributed by atoms with Crippen LogP contribution in [0.3, 0.4) is 0 Å². The Balaban J connectivity index is 1.86. The molecule has 4 nitrogen and oxygen atoms in total. The Morgan fingerprint density at radius 2 is 2.00 bits per heavy atom. The molecule has 1 amide bonds. The van der Waals surface area contributed by atoms with Gasteiger partial charge in [0.25, 0.3) is 0 Å². The summed E-state index contributed by atoms with van der Waals surface area (Å²) in [7, 11) is 2.04. The highest BCUT2D eigenvalue weighted by molar-refractivity contribution is 5.92. The third-order valence-electron chi connectivity index (χ3n) is 4.12. The molecular weight excluding hydrogens is 250 g/mol. The Morgan fingerprint density at radius 3 is 2.65 bits per heavy atom. The predicted octanol–water partition coefficient (Wildman–Crippen LogP) is 1.93. The number of aryl methyl sites for hydroxylation is 2. The molecule has 0 radical (unpaired) electrons. The van der Waals surface area contributed by atoms with Gasteiger partial charge in [-0.1, -0.05) is 6.07 Å². The van der Waals surface area contributed by atoms with Crippen molar-refractivity contribution < 1.29 is 4.79 Å². The lowest BCUT2D eigenvalue weighted by Crippen LogP contribution is -2.44. The van der Waals surface area contributed by atoms with Crippen LogP contribution in [0.5, 0.6) is 0 Å². The van der Waals surface area contributed by atoms with Crippen molar-refractivity contribution in [2.45, 2.75) is 32.7 Å². The molecule has 1 fully saturated rings. The third-order valence-corrected chi connectivity index (χ3v) is 4.12. The second kappa shape index (κ2) is 6.86. The number of likely N-dealkylation sites (N-methyl/N-ethyl adjacent to an activating group) is 1. The van der Waals surface area contributed by atoms with E-state index in [1.165, 1.54) is 11.1 Å². The topological polar surface area (TPSA) is 44.4 Å². The molecule has 1 aliphatic rings. The van der Waals surface area contributed by atoms with E-state index in [1.807, 2.05) is 25.2 Å². The number of piperidine rings is 1. The summed E-state index contributed by atoms with van der Waals surface area (Å²) in [4.78, 5) is 14.3. The fraction of sp³-hybridized carbons (Fsp3) is 0.562. The summed E-state index contributed by atoms with van der Waals surface area (Å²) in [5.74, 6) is 0.0642. The highest BCUT2D eigenvalue weighted by atomic mass is 16.2. The van der Waals surface area contributed by atoms with Crippen LogP contribution in [0.25, 0.3) is 0 Å². The highest BCUT2D eigenvalue weighted by Crippen LogP contribution is 2.14. The average molecular weight is 275 g/mol. The number of carbonyl (C=O) groups is 1. The first kappa shape index (κ1) is 15.0. The van der Waals surface area contributed by atoms with Crippen molar-refractivity contribution in [1.82, 2.24) is 10.2 Å². The molecule has 0 unspecified atom stereocenters. The van der Waals surface area contributed by atoms with E-state index in [-0.39, 0.29) is 5.91 Å².